The summed E-state index contributed by atoms with van der Waals surface area (Å²) in [5.74, 6) is 0.114. The van der Waals surface area contributed by atoms with Crippen molar-refractivity contribution in [1.82, 2.24) is 10.2 Å². The van der Waals surface area contributed by atoms with Gasteiger partial charge in [-0.3, -0.25) is 14.5 Å². The number of benzene rings is 3. The molecule has 2 aromatic heterocycles. The van der Waals surface area contributed by atoms with Gasteiger partial charge < -0.3 is 19.0 Å². The maximum Gasteiger partial charge on any atom is 0.296 e. The number of hydrogen-bond acceptors (Lipinski definition) is 10. The highest BCUT2D eigenvalue weighted by atomic mass is 32.2. The molecule has 1 unspecified atom stereocenters. The number of carbonyl (C=O) groups is 2. The second-order valence-corrected chi connectivity index (χ2v) is 13.1. The van der Waals surface area contributed by atoms with Crippen molar-refractivity contribution in [3.8, 4) is 11.5 Å². The normalized spacial score (nSPS) is 15.0. The summed E-state index contributed by atoms with van der Waals surface area (Å²) >= 11 is 2.71. The van der Waals surface area contributed by atoms with Crippen molar-refractivity contribution in [3.05, 3.63) is 107 Å². The number of amides is 1. The first-order valence-electron chi connectivity index (χ1n) is 14.4. The topological polar surface area (TPSA) is 115 Å². The summed E-state index contributed by atoms with van der Waals surface area (Å²) in [6.07, 6.45) is 0.867. The lowest BCUT2D eigenvalue weighted by atomic mass is 9.95. The summed E-state index contributed by atoms with van der Waals surface area (Å²) in [5.41, 5.74) is 1.97. The van der Waals surface area contributed by atoms with Crippen LogP contribution in [-0.4, -0.2) is 40.7 Å². The fourth-order valence-electron chi connectivity index (χ4n) is 5.06. The lowest BCUT2D eigenvalue weighted by molar-refractivity contribution is -0.117. The number of carbonyl (C=O) groups excluding carboxylic acids is 2. The molecular formula is C34H31N3O6S2. The van der Waals surface area contributed by atoms with Gasteiger partial charge in [-0.05, 0) is 47.7 Å². The van der Waals surface area contributed by atoms with Crippen LogP contribution in [0.3, 0.4) is 0 Å². The van der Waals surface area contributed by atoms with E-state index in [0.29, 0.717) is 50.6 Å². The minimum absolute atomic E-state index is 0.0311. The Labute approximate surface area is 268 Å². The number of ketones is 1. The van der Waals surface area contributed by atoms with E-state index in [9.17, 15) is 14.7 Å². The number of ether oxygens (including phenoxy) is 2. The third-order valence-electron chi connectivity index (χ3n) is 7.35. The van der Waals surface area contributed by atoms with Crippen LogP contribution < -0.4 is 14.4 Å². The van der Waals surface area contributed by atoms with Gasteiger partial charge in [0.05, 0.1) is 25.3 Å². The summed E-state index contributed by atoms with van der Waals surface area (Å²) in [5, 5.41) is 20.8. The zero-order chi connectivity index (χ0) is 31.5. The van der Waals surface area contributed by atoms with Gasteiger partial charge in [-0.2, -0.15) is 0 Å². The molecule has 0 fully saturated rings. The lowest BCUT2D eigenvalue weighted by Crippen LogP contribution is -2.31. The molecule has 0 saturated heterocycles. The zero-order valence-corrected chi connectivity index (χ0v) is 26.6. The molecule has 1 amide bonds. The molecule has 3 aromatic carbocycles. The van der Waals surface area contributed by atoms with Gasteiger partial charge in [0, 0.05) is 11.1 Å². The molecule has 1 N–H and O–H groups in total. The molecule has 0 spiro atoms. The van der Waals surface area contributed by atoms with Crippen molar-refractivity contribution < 1.29 is 28.6 Å². The van der Waals surface area contributed by atoms with E-state index in [1.165, 1.54) is 35.1 Å². The maximum absolute atomic E-state index is 14.1. The highest BCUT2D eigenvalue weighted by molar-refractivity contribution is 8.00. The fraction of sp³-hybridized carbons (Fsp3) is 0.235. The molecule has 3 heterocycles. The minimum atomic E-state index is -1.01. The quantitative estimate of drug-likeness (QED) is 0.0828. The van der Waals surface area contributed by atoms with Crippen molar-refractivity contribution in [2.24, 2.45) is 5.92 Å². The van der Waals surface area contributed by atoms with E-state index in [1.54, 1.807) is 42.5 Å². The number of aliphatic hydroxyl groups is 1. The number of rotatable bonds is 12. The number of fused-ring (bicyclic) bond motifs is 1. The van der Waals surface area contributed by atoms with Gasteiger partial charge in [0.15, 0.2) is 27.2 Å². The number of anilines is 1. The average Bonchev–Trinajstić information content (AvgIpc) is 3.76. The van der Waals surface area contributed by atoms with Crippen LogP contribution in [0, 0.1) is 5.92 Å². The number of nitrogens with zero attached hydrogens (tertiary/aromatic N) is 3. The summed E-state index contributed by atoms with van der Waals surface area (Å²) < 4.78 is 18.0. The standard InChI is InChI=1S/C34H31N3O6S2/c1-20(2)15-16-42-24-13-7-11-22(17-24)28-27(29(38)26-18-23-12-8-14-25(41-3)31(23)43-26)30(39)32(40)37(28)33-35-36-34(45-33)44-19-21-9-5-4-6-10-21/h4-14,17-18,20,28,39H,15-16,19H2,1-3H3. The fourth-order valence-corrected chi connectivity index (χ4v) is 6.88. The first kappa shape index (κ1) is 30.4. The Hall–Kier alpha value is -4.61. The molecule has 0 radical (unpaired) electrons. The first-order valence-corrected chi connectivity index (χ1v) is 16.2. The van der Waals surface area contributed by atoms with Crippen LogP contribution in [0.2, 0.25) is 0 Å². The third kappa shape index (κ3) is 6.31. The molecule has 45 heavy (non-hydrogen) atoms. The number of aliphatic hydroxyl groups excluding tert-OH is 1. The summed E-state index contributed by atoms with van der Waals surface area (Å²) in [7, 11) is 1.52. The second kappa shape index (κ2) is 13.2. The van der Waals surface area contributed by atoms with Crippen LogP contribution in [0.4, 0.5) is 5.13 Å². The van der Waals surface area contributed by atoms with Gasteiger partial charge in [-0.1, -0.05) is 91.5 Å². The monoisotopic (exact) mass is 641 g/mol. The van der Waals surface area contributed by atoms with Crippen molar-refractivity contribution >= 4 is 50.9 Å². The molecule has 11 heteroatoms. The summed E-state index contributed by atoms with van der Waals surface area (Å²) in [6, 6.07) is 23.0. The zero-order valence-electron chi connectivity index (χ0n) is 24.9. The number of aromatic nitrogens is 2. The maximum atomic E-state index is 14.1. The number of para-hydroxylation sites is 1. The molecule has 1 atom stereocenters. The molecule has 0 bridgehead atoms. The van der Waals surface area contributed by atoms with Gasteiger partial charge in [0.25, 0.3) is 5.91 Å². The van der Waals surface area contributed by atoms with E-state index in [-0.39, 0.29) is 16.5 Å². The molecular weight excluding hydrogens is 611 g/mol. The van der Waals surface area contributed by atoms with Crippen molar-refractivity contribution in [1.29, 1.82) is 0 Å². The molecule has 230 valence electrons. The van der Waals surface area contributed by atoms with Gasteiger partial charge in [-0.15, -0.1) is 10.2 Å². The molecule has 6 rings (SSSR count). The van der Waals surface area contributed by atoms with Crippen molar-refractivity contribution in [2.45, 2.75) is 36.4 Å². The van der Waals surface area contributed by atoms with E-state index in [1.807, 2.05) is 36.4 Å². The van der Waals surface area contributed by atoms with Gasteiger partial charge in [0.2, 0.25) is 10.9 Å². The van der Waals surface area contributed by atoms with E-state index in [2.05, 4.69) is 24.0 Å². The number of furan rings is 1. The van der Waals surface area contributed by atoms with Crippen LogP contribution in [0.1, 0.15) is 48.0 Å². The van der Waals surface area contributed by atoms with Gasteiger partial charge in [0.1, 0.15) is 5.75 Å². The number of hydrogen-bond donors (Lipinski definition) is 1. The Morgan fingerprint density at radius 2 is 1.87 bits per heavy atom. The molecule has 1 aliphatic rings. The molecule has 0 saturated carbocycles. The third-order valence-corrected chi connectivity index (χ3v) is 9.48. The van der Waals surface area contributed by atoms with Crippen LogP contribution in [0.25, 0.3) is 11.0 Å². The highest BCUT2D eigenvalue weighted by Gasteiger charge is 2.47. The predicted octanol–water partition coefficient (Wildman–Crippen LogP) is 7.79. The Kier molecular flexibility index (Phi) is 8.90. The first-order chi connectivity index (χ1) is 21.8. The smallest absolute Gasteiger partial charge is 0.296 e. The predicted molar refractivity (Wildman–Crippen MR) is 174 cm³/mol. The van der Waals surface area contributed by atoms with Crippen molar-refractivity contribution in [2.75, 3.05) is 18.6 Å². The van der Waals surface area contributed by atoms with Gasteiger partial charge in [-0.25, -0.2) is 0 Å². The summed E-state index contributed by atoms with van der Waals surface area (Å²) in [4.78, 5) is 29.2. The van der Waals surface area contributed by atoms with E-state index >= 15 is 0 Å². The SMILES string of the molecule is COc1cccc2cc(C(=O)C3=C(O)C(=O)N(c4nnc(SCc5ccccc5)s4)C3c3cccc(OCCC(C)C)c3)oc12. The largest absolute Gasteiger partial charge is 0.503 e. The Bertz CT molecular complexity index is 1880. The van der Waals surface area contributed by atoms with Crippen LogP contribution in [0.15, 0.2) is 99.0 Å². The van der Waals surface area contributed by atoms with E-state index in [0.717, 1.165) is 12.0 Å². The molecule has 9 nitrogen and oxygen atoms in total. The lowest BCUT2D eigenvalue weighted by Gasteiger charge is -2.24. The second-order valence-electron chi connectivity index (χ2n) is 10.9. The Morgan fingerprint density at radius 1 is 1.07 bits per heavy atom. The number of methoxy groups -OCH3 is 1. The van der Waals surface area contributed by atoms with Crippen LogP contribution in [-0.2, 0) is 10.5 Å². The minimum Gasteiger partial charge on any atom is -0.503 e. The average molecular weight is 642 g/mol. The van der Waals surface area contributed by atoms with Crippen LogP contribution >= 0.6 is 23.1 Å². The Morgan fingerprint density at radius 3 is 2.64 bits per heavy atom. The molecule has 0 aliphatic carbocycles. The Balaban J connectivity index is 1.37. The molecule has 1 aliphatic heterocycles. The summed E-state index contributed by atoms with van der Waals surface area (Å²) in [6.45, 7) is 4.76. The van der Waals surface area contributed by atoms with Crippen LogP contribution in [0.5, 0.6) is 11.5 Å². The highest BCUT2D eigenvalue weighted by Crippen LogP contribution is 2.45. The molecule has 5 aromatic rings. The van der Waals surface area contributed by atoms with E-state index in [4.69, 9.17) is 13.9 Å². The number of Topliss-reactive ketones (excluding diaryl/α,β-unsaturated/α-hetero) is 1. The number of thioether (sulfide) groups is 1. The van der Waals surface area contributed by atoms with E-state index < -0.39 is 23.5 Å². The van der Waals surface area contributed by atoms with Crippen molar-refractivity contribution in [3.63, 3.8) is 0 Å². The van der Waals surface area contributed by atoms with Gasteiger partial charge >= 0.3 is 0 Å².